The van der Waals surface area contributed by atoms with Crippen LogP contribution < -0.4 is 4.35 Å². The standard InChI is InChI=1S/C14H13AsClFN2O4/c1-2-22-12(20)6-5-11-13(19-23-18-11)14(21)15-8-3-4-10(17)9(16)7-8/h3-4,7,15H,2,5-6H2,1H3. The van der Waals surface area contributed by atoms with Crippen LogP contribution in [0.4, 0.5) is 4.39 Å². The molecular weight excluding hydrogens is 390 g/mol. The fourth-order valence-corrected chi connectivity index (χ4v) is 4.13. The van der Waals surface area contributed by atoms with Gasteiger partial charge in [-0.15, -0.1) is 0 Å². The van der Waals surface area contributed by atoms with E-state index >= 15 is 0 Å². The molecule has 0 saturated heterocycles. The SMILES string of the molecule is CCOC(=O)CCc1nonc1C(=O)[AsH]c1ccc(F)c(Cl)c1. The van der Waals surface area contributed by atoms with Gasteiger partial charge in [-0.3, -0.25) is 0 Å². The summed E-state index contributed by atoms with van der Waals surface area (Å²) in [5.74, 6) is -0.914. The average molecular weight is 403 g/mol. The number of benzene rings is 1. The number of ether oxygens (including phenoxy) is 1. The molecule has 0 bridgehead atoms. The molecule has 1 heterocycles. The Balaban J connectivity index is 2.04. The van der Waals surface area contributed by atoms with Crippen LogP contribution in [0.25, 0.3) is 0 Å². The first kappa shape index (κ1) is 17.6. The Kier molecular flexibility index (Phi) is 6.30. The van der Waals surface area contributed by atoms with Gasteiger partial charge in [0.15, 0.2) is 0 Å². The molecule has 1 unspecified atom stereocenters. The van der Waals surface area contributed by atoms with E-state index in [1.165, 1.54) is 18.2 Å². The molecule has 0 spiro atoms. The Bertz CT molecular complexity index is 723. The van der Waals surface area contributed by atoms with Crippen molar-refractivity contribution >= 4 is 42.2 Å². The van der Waals surface area contributed by atoms with Gasteiger partial charge in [-0.05, 0) is 0 Å². The molecule has 122 valence electrons. The third-order valence-corrected chi connectivity index (χ3v) is 5.34. The summed E-state index contributed by atoms with van der Waals surface area (Å²) in [6.07, 6.45) is 0.296. The van der Waals surface area contributed by atoms with Crippen LogP contribution in [0, 0.1) is 5.82 Å². The Morgan fingerprint density at radius 1 is 1.39 bits per heavy atom. The summed E-state index contributed by atoms with van der Waals surface area (Å²) in [7, 11) is 0. The number of carbonyl (C=O) groups is 2. The minimum atomic E-state index is -1.29. The summed E-state index contributed by atoms with van der Waals surface area (Å²) in [5.41, 5.74) is 0.426. The second kappa shape index (κ2) is 8.22. The fourth-order valence-electron chi connectivity index (χ4n) is 1.76. The molecule has 1 aromatic heterocycles. The van der Waals surface area contributed by atoms with Gasteiger partial charge in [-0.25, -0.2) is 0 Å². The van der Waals surface area contributed by atoms with E-state index in [0.717, 1.165) is 0 Å². The van der Waals surface area contributed by atoms with Gasteiger partial charge in [-0.2, -0.15) is 0 Å². The minimum absolute atomic E-state index is 0.0279. The molecule has 1 atom stereocenters. The first-order valence-corrected chi connectivity index (χ1v) is 9.22. The maximum atomic E-state index is 13.1. The Morgan fingerprint density at radius 2 is 2.17 bits per heavy atom. The molecule has 1 aromatic carbocycles. The number of rotatable bonds is 7. The van der Waals surface area contributed by atoms with E-state index < -0.39 is 21.6 Å². The predicted molar refractivity (Wildman–Crippen MR) is 81.8 cm³/mol. The van der Waals surface area contributed by atoms with Gasteiger partial charge in [0.2, 0.25) is 0 Å². The van der Waals surface area contributed by atoms with Gasteiger partial charge in [0, 0.05) is 0 Å². The number of halogens is 2. The van der Waals surface area contributed by atoms with Crippen molar-refractivity contribution < 1.29 is 23.3 Å². The van der Waals surface area contributed by atoms with Crippen LogP contribution in [0.2, 0.25) is 5.02 Å². The Hall–Kier alpha value is -1.72. The van der Waals surface area contributed by atoms with E-state index in [1.54, 1.807) is 6.92 Å². The third kappa shape index (κ3) is 4.88. The summed E-state index contributed by atoms with van der Waals surface area (Å²) in [6, 6.07) is 4.17. The summed E-state index contributed by atoms with van der Waals surface area (Å²) in [6.45, 7) is 2.00. The molecule has 9 heteroatoms. The summed E-state index contributed by atoms with van der Waals surface area (Å²) in [4.78, 5) is 23.7. The molecule has 0 fully saturated rings. The van der Waals surface area contributed by atoms with E-state index in [9.17, 15) is 14.0 Å². The second-order valence-corrected chi connectivity index (χ2v) is 7.54. The molecule has 0 aliphatic heterocycles. The number of esters is 1. The quantitative estimate of drug-likeness (QED) is 0.512. The summed E-state index contributed by atoms with van der Waals surface area (Å²) < 4.78 is 23.0. The number of carbonyl (C=O) groups excluding carboxylic acids is 2. The van der Waals surface area contributed by atoms with Crippen LogP contribution in [0.15, 0.2) is 22.8 Å². The van der Waals surface area contributed by atoms with Crippen molar-refractivity contribution in [1.82, 2.24) is 10.3 Å². The van der Waals surface area contributed by atoms with Gasteiger partial charge < -0.3 is 0 Å². The van der Waals surface area contributed by atoms with Gasteiger partial charge >= 0.3 is 143 Å². The zero-order chi connectivity index (χ0) is 16.8. The first-order valence-electron chi connectivity index (χ1n) is 6.74. The van der Waals surface area contributed by atoms with Crippen molar-refractivity contribution in [3.8, 4) is 0 Å². The van der Waals surface area contributed by atoms with Crippen molar-refractivity contribution in [2.24, 2.45) is 0 Å². The Labute approximate surface area is 143 Å². The molecule has 23 heavy (non-hydrogen) atoms. The summed E-state index contributed by atoms with van der Waals surface area (Å²) >= 11 is 4.41. The molecule has 0 amide bonds. The topological polar surface area (TPSA) is 82.3 Å². The van der Waals surface area contributed by atoms with Crippen LogP contribution in [0.1, 0.15) is 29.5 Å². The number of hydrogen-bond acceptors (Lipinski definition) is 6. The molecule has 0 N–H and O–H groups in total. The molecule has 6 nitrogen and oxygen atoms in total. The molecular formula is C14H13AsClFN2O4. The molecule has 0 saturated carbocycles. The van der Waals surface area contributed by atoms with Gasteiger partial charge in [-0.1, -0.05) is 0 Å². The second-order valence-electron chi connectivity index (χ2n) is 4.45. The number of nitrogens with zero attached hydrogens (tertiary/aromatic N) is 2. The normalized spacial score (nSPS) is 11.1. The zero-order valence-corrected chi connectivity index (χ0v) is 15.0. The fraction of sp³-hybridized carbons (Fsp3) is 0.286. The van der Waals surface area contributed by atoms with E-state index in [4.69, 9.17) is 16.3 Å². The summed E-state index contributed by atoms with van der Waals surface area (Å²) in [5, 5.41) is 7.25. The van der Waals surface area contributed by atoms with Crippen LogP contribution in [0.5, 0.6) is 0 Å². The van der Waals surface area contributed by atoms with E-state index in [2.05, 4.69) is 14.9 Å². The van der Waals surface area contributed by atoms with Gasteiger partial charge in [0.05, 0.1) is 0 Å². The van der Waals surface area contributed by atoms with E-state index in [-0.39, 0.29) is 34.1 Å². The molecule has 2 aromatic rings. The van der Waals surface area contributed by atoms with E-state index in [1.807, 2.05) is 0 Å². The maximum absolute atomic E-state index is 13.1. The number of aryl methyl sites for hydroxylation is 1. The molecule has 0 aliphatic rings. The van der Waals surface area contributed by atoms with Crippen LogP contribution in [-0.2, 0) is 16.0 Å². The predicted octanol–water partition coefficient (Wildman–Crippen LogP) is 1.26. The number of hydrogen-bond donors (Lipinski definition) is 0. The van der Waals surface area contributed by atoms with Gasteiger partial charge in [0.25, 0.3) is 0 Å². The zero-order valence-electron chi connectivity index (χ0n) is 12.1. The van der Waals surface area contributed by atoms with Crippen molar-refractivity contribution in [1.29, 1.82) is 0 Å². The average Bonchev–Trinajstić information content (AvgIpc) is 2.98. The van der Waals surface area contributed by atoms with Crippen LogP contribution >= 0.6 is 11.6 Å². The number of aromatic nitrogens is 2. The van der Waals surface area contributed by atoms with Crippen molar-refractivity contribution in [3.05, 3.63) is 40.4 Å². The monoisotopic (exact) mass is 402 g/mol. The van der Waals surface area contributed by atoms with Crippen molar-refractivity contribution in [2.45, 2.75) is 19.8 Å². The van der Waals surface area contributed by atoms with Crippen LogP contribution in [0.3, 0.4) is 0 Å². The first-order chi connectivity index (χ1) is 11.0. The van der Waals surface area contributed by atoms with Crippen LogP contribution in [-0.4, -0.2) is 43.2 Å². The molecule has 0 radical (unpaired) electrons. The third-order valence-electron chi connectivity index (χ3n) is 2.82. The van der Waals surface area contributed by atoms with Gasteiger partial charge in [0.1, 0.15) is 0 Å². The molecule has 2 rings (SSSR count). The van der Waals surface area contributed by atoms with Crippen molar-refractivity contribution in [2.75, 3.05) is 6.61 Å². The Morgan fingerprint density at radius 3 is 2.87 bits per heavy atom. The van der Waals surface area contributed by atoms with Crippen molar-refractivity contribution in [3.63, 3.8) is 0 Å². The van der Waals surface area contributed by atoms with E-state index in [0.29, 0.717) is 16.7 Å². The molecule has 0 aliphatic carbocycles.